The summed E-state index contributed by atoms with van der Waals surface area (Å²) >= 11 is 0. The number of Topliss-reactive ketones (excluding diaryl/α,β-unsaturated/α-hetero) is 1. The lowest BCUT2D eigenvalue weighted by Crippen LogP contribution is -2.32. The van der Waals surface area contributed by atoms with Gasteiger partial charge < -0.3 is 4.74 Å². The van der Waals surface area contributed by atoms with Crippen LogP contribution in [-0.4, -0.2) is 24.5 Å². The summed E-state index contributed by atoms with van der Waals surface area (Å²) in [4.78, 5) is 25.5. The van der Waals surface area contributed by atoms with Gasteiger partial charge in [0.15, 0.2) is 5.78 Å². The second kappa shape index (κ2) is 6.04. The smallest absolute Gasteiger partial charge is 0.264 e. The van der Waals surface area contributed by atoms with Crippen LogP contribution in [0.2, 0.25) is 0 Å². The minimum absolute atomic E-state index is 0.299. The van der Waals surface area contributed by atoms with Gasteiger partial charge in [0.25, 0.3) is 5.91 Å². The first-order valence-corrected chi connectivity index (χ1v) is 7.25. The minimum Gasteiger partial charge on any atom is -0.496 e. The lowest BCUT2D eigenvalue weighted by Gasteiger charge is -2.14. The summed E-state index contributed by atoms with van der Waals surface area (Å²) in [5.41, 5.74) is 1.51. The van der Waals surface area contributed by atoms with E-state index in [1.54, 1.807) is 43.3 Å². The predicted molar refractivity (Wildman–Crippen MR) is 87.9 cm³/mol. The average molecular weight is 308 g/mol. The van der Waals surface area contributed by atoms with Crippen LogP contribution in [0.1, 0.15) is 17.3 Å². The fourth-order valence-electron chi connectivity index (χ4n) is 2.63. The number of carbonyl (C=O) groups excluding carboxylic acids is 2. The summed E-state index contributed by atoms with van der Waals surface area (Å²) in [6.45, 7) is 1.69. The van der Waals surface area contributed by atoms with Crippen LogP contribution in [0, 0.1) is 5.92 Å². The van der Waals surface area contributed by atoms with E-state index in [4.69, 9.17) is 4.74 Å². The maximum absolute atomic E-state index is 12.8. The summed E-state index contributed by atoms with van der Waals surface area (Å²) in [5.74, 6) is -1.10. The second-order valence-corrected chi connectivity index (χ2v) is 5.22. The highest BCUT2D eigenvalue weighted by atomic mass is 16.5. The molecule has 1 unspecified atom stereocenters. The van der Waals surface area contributed by atoms with Gasteiger partial charge in [-0.3, -0.25) is 9.59 Å². The van der Waals surface area contributed by atoms with Crippen molar-refractivity contribution in [2.24, 2.45) is 11.0 Å². The first kappa shape index (κ1) is 15.0. The molecule has 0 spiro atoms. The number of benzene rings is 2. The van der Waals surface area contributed by atoms with E-state index in [1.807, 2.05) is 18.2 Å². The molecule has 2 aromatic carbocycles. The summed E-state index contributed by atoms with van der Waals surface area (Å²) in [5, 5.41) is 5.55. The topological polar surface area (TPSA) is 59.0 Å². The molecule has 1 amide bonds. The maximum Gasteiger partial charge on any atom is 0.264 e. The molecule has 23 heavy (non-hydrogen) atoms. The monoisotopic (exact) mass is 308 g/mol. The molecule has 0 radical (unpaired) electrons. The van der Waals surface area contributed by atoms with Crippen molar-refractivity contribution in [2.45, 2.75) is 6.92 Å². The van der Waals surface area contributed by atoms with Gasteiger partial charge in [-0.05, 0) is 31.2 Å². The highest BCUT2D eigenvalue weighted by molar-refractivity contribution is 6.30. The molecule has 5 nitrogen and oxygen atoms in total. The SMILES string of the molecule is COc1ccccc1C(=O)C1C(=O)N(c2ccccc2)N=C1C. The van der Waals surface area contributed by atoms with Crippen molar-refractivity contribution >= 4 is 23.1 Å². The van der Waals surface area contributed by atoms with Crippen LogP contribution in [0.4, 0.5) is 5.69 Å². The standard InChI is InChI=1S/C18H16N2O3/c1-12-16(17(21)14-10-6-7-11-15(14)23-2)18(22)20(19-12)13-8-4-3-5-9-13/h3-11,16H,1-2H3. The summed E-state index contributed by atoms with van der Waals surface area (Å²) in [7, 11) is 1.50. The van der Waals surface area contributed by atoms with E-state index >= 15 is 0 Å². The Morgan fingerprint density at radius 2 is 1.74 bits per heavy atom. The van der Waals surface area contributed by atoms with Crippen molar-refractivity contribution in [1.29, 1.82) is 0 Å². The zero-order valence-electron chi connectivity index (χ0n) is 12.9. The first-order chi connectivity index (χ1) is 11.1. The van der Waals surface area contributed by atoms with Crippen molar-refractivity contribution in [1.82, 2.24) is 0 Å². The Balaban J connectivity index is 1.94. The Morgan fingerprint density at radius 3 is 2.43 bits per heavy atom. The van der Waals surface area contributed by atoms with Gasteiger partial charge in [0.2, 0.25) is 0 Å². The number of hydrazone groups is 1. The number of ketones is 1. The third-order valence-corrected chi connectivity index (χ3v) is 3.77. The number of hydrogen-bond acceptors (Lipinski definition) is 4. The molecular weight excluding hydrogens is 292 g/mol. The number of para-hydroxylation sites is 2. The quantitative estimate of drug-likeness (QED) is 0.644. The van der Waals surface area contributed by atoms with Crippen molar-refractivity contribution in [3.63, 3.8) is 0 Å². The normalized spacial score (nSPS) is 17.1. The highest BCUT2D eigenvalue weighted by Crippen LogP contribution is 2.28. The zero-order valence-corrected chi connectivity index (χ0v) is 12.9. The average Bonchev–Trinajstić information content (AvgIpc) is 2.89. The number of carbonyl (C=O) groups is 2. The van der Waals surface area contributed by atoms with Crippen LogP contribution in [0.25, 0.3) is 0 Å². The molecular formula is C18H16N2O3. The predicted octanol–water partition coefficient (Wildman–Crippen LogP) is 2.92. The lowest BCUT2D eigenvalue weighted by atomic mass is 9.93. The van der Waals surface area contributed by atoms with Gasteiger partial charge in [0.05, 0.1) is 24.1 Å². The van der Waals surface area contributed by atoms with Crippen LogP contribution < -0.4 is 9.75 Å². The number of hydrogen-bond donors (Lipinski definition) is 0. The van der Waals surface area contributed by atoms with E-state index in [1.165, 1.54) is 12.1 Å². The Bertz CT molecular complexity index is 784. The second-order valence-electron chi connectivity index (χ2n) is 5.22. The van der Waals surface area contributed by atoms with Crippen LogP contribution >= 0.6 is 0 Å². The summed E-state index contributed by atoms with van der Waals surface area (Å²) in [6.07, 6.45) is 0. The van der Waals surface area contributed by atoms with Crippen LogP contribution in [0.5, 0.6) is 5.75 Å². The number of amides is 1. The maximum atomic E-state index is 12.8. The van der Waals surface area contributed by atoms with Crippen molar-refractivity contribution < 1.29 is 14.3 Å². The fraction of sp³-hybridized carbons (Fsp3) is 0.167. The van der Waals surface area contributed by atoms with Crippen LogP contribution in [0.15, 0.2) is 59.7 Å². The van der Waals surface area contributed by atoms with Gasteiger partial charge in [-0.25, -0.2) is 0 Å². The van der Waals surface area contributed by atoms with Gasteiger partial charge >= 0.3 is 0 Å². The van der Waals surface area contributed by atoms with Crippen molar-refractivity contribution in [3.05, 3.63) is 60.2 Å². The van der Waals surface area contributed by atoms with Crippen LogP contribution in [-0.2, 0) is 4.79 Å². The Labute approximate surface area is 134 Å². The third-order valence-electron chi connectivity index (χ3n) is 3.77. The summed E-state index contributed by atoms with van der Waals surface area (Å²) in [6, 6.07) is 16.0. The largest absolute Gasteiger partial charge is 0.496 e. The number of methoxy groups -OCH3 is 1. The Kier molecular flexibility index (Phi) is 3.93. The fourth-order valence-corrected chi connectivity index (χ4v) is 2.63. The van der Waals surface area contributed by atoms with Gasteiger partial charge in [-0.15, -0.1) is 0 Å². The molecule has 0 N–H and O–H groups in total. The van der Waals surface area contributed by atoms with E-state index in [0.29, 0.717) is 22.7 Å². The molecule has 0 saturated carbocycles. The third kappa shape index (κ3) is 2.61. The molecule has 1 heterocycles. The van der Waals surface area contributed by atoms with Gasteiger partial charge in [0.1, 0.15) is 11.7 Å². The van der Waals surface area contributed by atoms with Gasteiger partial charge in [0, 0.05) is 0 Å². The van der Waals surface area contributed by atoms with Gasteiger partial charge in [-0.2, -0.15) is 10.1 Å². The van der Waals surface area contributed by atoms with E-state index in [2.05, 4.69) is 5.10 Å². The molecule has 0 aliphatic carbocycles. The molecule has 0 fully saturated rings. The molecule has 5 heteroatoms. The summed E-state index contributed by atoms with van der Waals surface area (Å²) < 4.78 is 5.22. The zero-order chi connectivity index (χ0) is 16.4. The van der Waals surface area contributed by atoms with E-state index in [0.717, 1.165) is 0 Å². The first-order valence-electron chi connectivity index (χ1n) is 7.25. The van der Waals surface area contributed by atoms with E-state index in [-0.39, 0.29) is 11.7 Å². The number of rotatable bonds is 4. The van der Waals surface area contributed by atoms with Gasteiger partial charge in [-0.1, -0.05) is 30.3 Å². The molecule has 0 saturated heterocycles. The highest BCUT2D eigenvalue weighted by Gasteiger charge is 2.40. The van der Waals surface area contributed by atoms with Crippen LogP contribution in [0.3, 0.4) is 0 Å². The number of nitrogens with zero attached hydrogens (tertiary/aromatic N) is 2. The Hall–Kier alpha value is -2.95. The van der Waals surface area contributed by atoms with E-state index < -0.39 is 5.92 Å². The lowest BCUT2D eigenvalue weighted by molar-refractivity contribution is -0.118. The number of anilines is 1. The van der Waals surface area contributed by atoms with Crippen molar-refractivity contribution in [2.75, 3.05) is 12.1 Å². The number of ether oxygens (including phenoxy) is 1. The van der Waals surface area contributed by atoms with Crippen molar-refractivity contribution in [3.8, 4) is 5.75 Å². The molecule has 3 rings (SSSR count). The minimum atomic E-state index is -0.911. The van der Waals surface area contributed by atoms with E-state index in [9.17, 15) is 9.59 Å². The molecule has 0 aromatic heterocycles. The molecule has 1 aliphatic heterocycles. The molecule has 116 valence electrons. The molecule has 1 atom stereocenters. The Morgan fingerprint density at radius 1 is 1.09 bits per heavy atom. The molecule has 0 bridgehead atoms. The molecule has 1 aliphatic rings. The molecule has 2 aromatic rings.